The Morgan fingerprint density at radius 1 is 1.17 bits per heavy atom. The highest BCUT2D eigenvalue weighted by molar-refractivity contribution is 5.91. The van der Waals surface area contributed by atoms with Crippen LogP contribution in [-0.4, -0.2) is 29.2 Å². The monoisotopic (exact) mass is 317 g/mol. The van der Waals surface area contributed by atoms with Crippen LogP contribution < -0.4 is 10.9 Å². The zero-order valence-corrected chi connectivity index (χ0v) is 13.8. The van der Waals surface area contributed by atoms with E-state index in [1.165, 1.54) is 0 Å². The van der Waals surface area contributed by atoms with Gasteiger partial charge < -0.3 is 4.90 Å². The molecule has 1 aromatic carbocycles. The Bertz CT molecular complexity index is 593. The molecule has 1 aromatic rings. The van der Waals surface area contributed by atoms with Crippen LogP contribution in [0.25, 0.3) is 0 Å². The van der Waals surface area contributed by atoms with Gasteiger partial charge in [0.15, 0.2) is 0 Å². The van der Waals surface area contributed by atoms with Crippen LogP contribution >= 0.6 is 0 Å². The molecular formula is C17H23N3O3. The number of nitrogens with one attached hydrogen (secondary N) is 2. The van der Waals surface area contributed by atoms with Crippen molar-refractivity contribution in [2.75, 3.05) is 6.54 Å². The van der Waals surface area contributed by atoms with Crippen molar-refractivity contribution in [3.8, 4) is 0 Å². The van der Waals surface area contributed by atoms with Gasteiger partial charge in [-0.25, -0.2) is 0 Å². The van der Waals surface area contributed by atoms with Crippen LogP contribution in [0.3, 0.4) is 0 Å². The van der Waals surface area contributed by atoms with Gasteiger partial charge in [0.1, 0.15) is 0 Å². The summed E-state index contributed by atoms with van der Waals surface area (Å²) in [5, 5.41) is 0. The molecule has 6 heteroatoms. The number of nitrogens with zero attached hydrogens (tertiary/aromatic N) is 1. The summed E-state index contributed by atoms with van der Waals surface area (Å²) in [5.41, 5.74) is 5.27. The number of hydrogen-bond donors (Lipinski definition) is 2. The number of hydrazine groups is 1. The standard InChI is InChI=1S/C17H23N3O3/c1-17(2,3)16(23)19-18-15(22)13-9-14(21)20(11-13)10-12-7-5-4-6-8-12/h4-8,13H,9-11H2,1-3H3,(H,18,22)(H,19,23)/t13-/m0/s1. The van der Waals surface area contributed by atoms with Crippen LogP contribution in [0.1, 0.15) is 32.8 Å². The van der Waals surface area contributed by atoms with E-state index in [0.29, 0.717) is 13.1 Å². The summed E-state index contributed by atoms with van der Waals surface area (Å²) < 4.78 is 0. The quantitative estimate of drug-likeness (QED) is 0.823. The molecule has 0 aromatic heterocycles. The second-order valence-electron chi connectivity index (χ2n) is 6.85. The van der Waals surface area contributed by atoms with Crippen LogP contribution in [0.2, 0.25) is 0 Å². The average Bonchev–Trinajstić information content (AvgIpc) is 2.85. The van der Waals surface area contributed by atoms with E-state index < -0.39 is 11.3 Å². The van der Waals surface area contributed by atoms with Crippen molar-refractivity contribution < 1.29 is 14.4 Å². The number of likely N-dealkylation sites (tertiary alicyclic amines) is 1. The highest BCUT2D eigenvalue weighted by atomic mass is 16.2. The van der Waals surface area contributed by atoms with Crippen LogP contribution in [0, 0.1) is 11.3 Å². The van der Waals surface area contributed by atoms with E-state index in [2.05, 4.69) is 10.9 Å². The molecule has 3 amide bonds. The van der Waals surface area contributed by atoms with Crippen molar-refractivity contribution in [1.82, 2.24) is 15.8 Å². The zero-order valence-electron chi connectivity index (χ0n) is 13.8. The molecule has 0 radical (unpaired) electrons. The molecule has 6 nitrogen and oxygen atoms in total. The van der Waals surface area contributed by atoms with Gasteiger partial charge in [0, 0.05) is 24.9 Å². The Kier molecular flexibility index (Phi) is 5.03. The largest absolute Gasteiger partial charge is 0.338 e. The summed E-state index contributed by atoms with van der Waals surface area (Å²) in [5.74, 6) is -1.08. The van der Waals surface area contributed by atoms with Crippen LogP contribution in [0.5, 0.6) is 0 Å². The van der Waals surface area contributed by atoms with Gasteiger partial charge in [-0.15, -0.1) is 0 Å². The molecule has 23 heavy (non-hydrogen) atoms. The van der Waals surface area contributed by atoms with Crippen LogP contribution in [0.15, 0.2) is 30.3 Å². The Morgan fingerprint density at radius 2 is 1.83 bits per heavy atom. The van der Waals surface area contributed by atoms with Crippen LogP contribution in [0.4, 0.5) is 0 Å². The number of rotatable bonds is 3. The number of benzene rings is 1. The van der Waals surface area contributed by atoms with Gasteiger partial charge in [0.05, 0.1) is 5.92 Å². The molecule has 0 spiro atoms. The van der Waals surface area contributed by atoms with E-state index in [1.54, 1.807) is 25.7 Å². The van der Waals surface area contributed by atoms with Crippen molar-refractivity contribution in [2.24, 2.45) is 11.3 Å². The fourth-order valence-electron chi connectivity index (χ4n) is 2.31. The van der Waals surface area contributed by atoms with Crippen LogP contribution in [-0.2, 0) is 20.9 Å². The fraction of sp³-hybridized carbons (Fsp3) is 0.471. The van der Waals surface area contributed by atoms with Crippen molar-refractivity contribution in [1.29, 1.82) is 0 Å². The molecule has 1 aliphatic heterocycles. The van der Waals surface area contributed by atoms with Gasteiger partial charge >= 0.3 is 0 Å². The summed E-state index contributed by atoms with van der Waals surface area (Å²) in [6.45, 7) is 6.14. The lowest BCUT2D eigenvalue weighted by Crippen LogP contribution is -2.48. The minimum absolute atomic E-state index is 0.0452. The molecular weight excluding hydrogens is 294 g/mol. The van der Waals surface area contributed by atoms with Gasteiger partial charge in [0.2, 0.25) is 17.7 Å². The molecule has 124 valence electrons. The lowest BCUT2D eigenvalue weighted by atomic mass is 9.96. The molecule has 1 heterocycles. The zero-order chi connectivity index (χ0) is 17.0. The number of carbonyl (C=O) groups is 3. The Labute approximate surface area is 136 Å². The molecule has 0 unspecified atom stereocenters. The minimum atomic E-state index is -0.585. The molecule has 2 rings (SSSR count). The predicted molar refractivity (Wildman–Crippen MR) is 85.7 cm³/mol. The van der Waals surface area contributed by atoms with Crippen molar-refractivity contribution in [3.63, 3.8) is 0 Å². The fourth-order valence-corrected chi connectivity index (χ4v) is 2.31. The maximum atomic E-state index is 12.1. The van der Waals surface area contributed by atoms with E-state index in [0.717, 1.165) is 5.56 Å². The molecule has 1 atom stereocenters. The molecule has 0 aliphatic carbocycles. The highest BCUT2D eigenvalue weighted by Gasteiger charge is 2.34. The van der Waals surface area contributed by atoms with E-state index in [-0.39, 0.29) is 24.1 Å². The lowest BCUT2D eigenvalue weighted by Gasteiger charge is -2.19. The Hall–Kier alpha value is -2.37. The smallest absolute Gasteiger partial charge is 0.243 e. The first-order chi connectivity index (χ1) is 10.8. The summed E-state index contributed by atoms with van der Waals surface area (Å²) in [7, 11) is 0. The van der Waals surface area contributed by atoms with Gasteiger partial charge in [0.25, 0.3) is 0 Å². The molecule has 2 N–H and O–H groups in total. The number of carbonyl (C=O) groups excluding carboxylic acids is 3. The normalized spacial score (nSPS) is 18.0. The molecule has 1 fully saturated rings. The van der Waals surface area contributed by atoms with Crippen molar-refractivity contribution in [3.05, 3.63) is 35.9 Å². The highest BCUT2D eigenvalue weighted by Crippen LogP contribution is 2.20. The third-order valence-electron chi connectivity index (χ3n) is 3.78. The second kappa shape index (κ2) is 6.81. The lowest BCUT2D eigenvalue weighted by molar-refractivity contribution is -0.135. The Balaban J connectivity index is 1.87. The first-order valence-electron chi connectivity index (χ1n) is 7.69. The maximum absolute atomic E-state index is 12.1. The van der Waals surface area contributed by atoms with Crippen molar-refractivity contribution >= 4 is 17.7 Å². The third-order valence-corrected chi connectivity index (χ3v) is 3.78. The Morgan fingerprint density at radius 3 is 2.43 bits per heavy atom. The van der Waals surface area contributed by atoms with Gasteiger partial charge in [-0.2, -0.15) is 0 Å². The topological polar surface area (TPSA) is 78.5 Å². The summed E-state index contributed by atoms with van der Waals surface area (Å²) >= 11 is 0. The second-order valence-corrected chi connectivity index (χ2v) is 6.85. The first-order valence-corrected chi connectivity index (χ1v) is 7.69. The minimum Gasteiger partial charge on any atom is -0.338 e. The third kappa shape index (κ3) is 4.55. The molecule has 0 saturated carbocycles. The van der Waals surface area contributed by atoms with E-state index in [9.17, 15) is 14.4 Å². The predicted octanol–water partition coefficient (Wildman–Crippen LogP) is 1.23. The maximum Gasteiger partial charge on any atom is 0.243 e. The summed E-state index contributed by atoms with van der Waals surface area (Å²) in [4.78, 5) is 37.6. The summed E-state index contributed by atoms with van der Waals surface area (Å²) in [6.07, 6.45) is 0.171. The molecule has 0 bridgehead atoms. The van der Waals surface area contributed by atoms with E-state index in [4.69, 9.17) is 0 Å². The number of amides is 3. The van der Waals surface area contributed by atoms with Gasteiger partial charge in [-0.3, -0.25) is 25.2 Å². The van der Waals surface area contributed by atoms with E-state index in [1.807, 2.05) is 30.3 Å². The average molecular weight is 317 g/mol. The van der Waals surface area contributed by atoms with E-state index >= 15 is 0 Å². The van der Waals surface area contributed by atoms with Gasteiger partial charge in [-0.1, -0.05) is 51.1 Å². The molecule has 1 saturated heterocycles. The first kappa shape index (κ1) is 17.0. The van der Waals surface area contributed by atoms with Crippen molar-refractivity contribution in [2.45, 2.75) is 33.7 Å². The molecule has 1 aliphatic rings. The SMILES string of the molecule is CC(C)(C)C(=O)NNC(=O)[C@H]1CC(=O)N(Cc2ccccc2)C1. The number of hydrogen-bond acceptors (Lipinski definition) is 3. The van der Waals surface area contributed by atoms with Gasteiger partial charge in [-0.05, 0) is 5.56 Å². The summed E-state index contributed by atoms with van der Waals surface area (Å²) in [6, 6.07) is 9.65.